The van der Waals surface area contributed by atoms with Gasteiger partial charge in [0.05, 0.1) is 18.4 Å². The molecule has 1 unspecified atom stereocenters. The van der Waals surface area contributed by atoms with E-state index < -0.39 is 0 Å². The summed E-state index contributed by atoms with van der Waals surface area (Å²) in [7, 11) is 5.17. The fourth-order valence-electron chi connectivity index (χ4n) is 2.13. The Morgan fingerprint density at radius 3 is 2.61 bits per heavy atom. The third-order valence-corrected chi connectivity index (χ3v) is 4.41. The third-order valence-electron chi connectivity index (χ3n) is 3.34. The van der Waals surface area contributed by atoms with Gasteiger partial charge in [-0.3, -0.25) is 9.36 Å². The number of benzene rings is 1. The number of ether oxygens (including phenoxy) is 1. The van der Waals surface area contributed by atoms with Gasteiger partial charge in [0.1, 0.15) is 0 Å². The van der Waals surface area contributed by atoms with Crippen LogP contribution < -0.4 is 0 Å². The second kappa shape index (κ2) is 8.12. The summed E-state index contributed by atoms with van der Waals surface area (Å²) in [6.45, 7) is 3.07. The van der Waals surface area contributed by atoms with Crippen molar-refractivity contribution in [3.05, 3.63) is 30.3 Å². The first-order chi connectivity index (χ1) is 11.0. The van der Waals surface area contributed by atoms with Crippen LogP contribution in [0.1, 0.15) is 6.92 Å². The number of aromatic nitrogens is 3. The highest BCUT2D eigenvalue weighted by atomic mass is 32.2. The Hall–Kier alpha value is -1.86. The molecule has 2 aromatic rings. The number of amides is 1. The van der Waals surface area contributed by atoms with Crippen molar-refractivity contribution in [2.75, 3.05) is 27.8 Å². The molecule has 0 bridgehead atoms. The molecule has 0 N–H and O–H groups in total. The van der Waals surface area contributed by atoms with Crippen molar-refractivity contribution in [1.29, 1.82) is 0 Å². The fourth-order valence-corrected chi connectivity index (χ4v) is 3.15. The molecule has 1 heterocycles. The highest BCUT2D eigenvalue weighted by Gasteiger charge is 2.21. The minimum atomic E-state index is -0.223. The number of hydrogen-bond acceptors (Lipinski definition) is 5. The minimum Gasteiger partial charge on any atom is -0.383 e. The monoisotopic (exact) mass is 334 g/mol. The molecular weight excluding hydrogens is 312 g/mol. The summed E-state index contributed by atoms with van der Waals surface area (Å²) >= 11 is 1.42. The van der Waals surface area contributed by atoms with E-state index in [-0.39, 0.29) is 11.2 Å². The van der Waals surface area contributed by atoms with E-state index in [0.717, 1.165) is 16.5 Å². The average molecular weight is 334 g/mol. The lowest BCUT2D eigenvalue weighted by Gasteiger charge is -2.16. The van der Waals surface area contributed by atoms with Crippen molar-refractivity contribution in [2.45, 2.75) is 23.9 Å². The molecule has 2 rings (SSSR count). The first-order valence-electron chi connectivity index (χ1n) is 7.40. The predicted octanol–water partition coefficient (Wildman–Crippen LogP) is 2.16. The number of nitrogens with zero attached hydrogens (tertiary/aromatic N) is 4. The molecule has 0 fully saturated rings. The largest absolute Gasteiger partial charge is 0.383 e. The number of carbonyl (C=O) groups excluding carboxylic acids is 1. The number of thioether (sulfide) groups is 1. The second-order valence-corrected chi connectivity index (χ2v) is 6.62. The summed E-state index contributed by atoms with van der Waals surface area (Å²) in [4.78, 5) is 13.7. The van der Waals surface area contributed by atoms with Gasteiger partial charge >= 0.3 is 0 Å². The molecule has 0 aliphatic heterocycles. The summed E-state index contributed by atoms with van der Waals surface area (Å²) in [5.74, 6) is 0.840. The van der Waals surface area contributed by atoms with Crippen LogP contribution in [0.3, 0.4) is 0 Å². The van der Waals surface area contributed by atoms with E-state index in [1.165, 1.54) is 11.8 Å². The van der Waals surface area contributed by atoms with E-state index in [1.807, 2.05) is 41.8 Å². The molecule has 124 valence electrons. The van der Waals surface area contributed by atoms with E-state index in [9.17, 15) is 4.79 Å². The molecule has 0 aliphatic carbocycles. The standard InChI is InChI=1S/C16H22N4O2S/c1-12(15(21)19(2)3)23-16-18-17-14(20(16)10-11-22-4)13-8-6-5-7-9-13/h5-9,12H,10-11H2,1-4H3. The van der Waals surface area contributed by atoms with Crippen LogP contribution in [0.2, 0.25) is 0 Å². The van der Waals surface area contributed by atoms with Gasteiger partial charge in [-0.1, -0.05) is 42.1 Å². The lowest BCUT2D eigenvalue weighted by atomic mass is 10.2. The maximum atomic E-state index is 12.1. The van der Waals surface area contributed by atoms with E-state index in [4.69, 9.17) is 4.74 Å². The minimum absolute atomic E-state index is 0.0533. The van der Waals surface area contributed by atoms with Gasteiger partial charge in [-0.05, 0) is 6.92 Å². The van der Waals surface area contributed by atoms with Gasteiger partial charge in [-0.2, -0.15) is 0 Å². The Bertz CT molecular complexity index is 643. The molecule has 1 aromatic heterocycles. The first-order valence-corrected chi connectivity index (χ1v) is 8.28. The number of hydrogen-bond donors (Lipinski definition) is 0. The first kappa shape index (κ1) is 17.5. The Kier molecular flexibility index (Phi) is 6.18. The number of carbonyl (C=O) groups is 1. The van der Waals surface area contributed by atoms with Gasteiger partial charge in [0.25, 0.3) is 0 Å². The Balaban J connectivity index is 2.29. The van der Waals surface area contributed by atoms with Crippen LogP contribution in [0.5, 0.6) is 0 Å². The van der Waals surface area contributed by atoms with Crippen molar-refractivity contribution in [2.24, 2.45) is 0 Å². The molecule has 23 heavy (non-hydrogen) atoms. The van der Waals surface area contributed by atoms with E-state index in [1.54, 1.807) is 26.1 Å². The van der Waals surface area contributed by atoms with Gasteiger partial charge in [-0.15, -0.1) is 10.2 Å². The van der Waals surface area contributed by atoms with E-state index in [0.29, 0.717) is 13.2 Å². The fraction of sp³-hybridized carbons (Fsp3) is 0.438. The maximum absolute atomic E-state index is 12.1. The Morgan fingerprint density at radius 2 is 2.00 bits per heavy atom. The van der Waals surface area contributed by atoms with Crippen LogP contribution in [-0.4, -0.2) is 58.6 Å². The summed E-state index contributed by atoms with van der Waals surface area (Å²) in [6, 6.07) is 9.89. The number of methoxy groups -OCH3 is 1. The Labute approximate surface area is 140 Å². The van der Waals surface area contributed by atoms with Crippen LogP contribution in [0.25, 0.3) is 11.4 Å². The van der Waals surface area contributed by atoms with Gasteiger partial charge < -0.3 is 9.64 Å². The normalized spacial score (nSPS) is 12.2. The summed E-state index contributed by atoms with van der Waals surface area (Å²) < 4.78 is 7.19. The molecule has 6 nitrogen and oxygen atoms in total. The molecule has 0 radical (unpaired) electrons. The molecular formula is C16H22N4O2S. The molecule has 1 amide bonds. The van der Waals surface area contributed by atoms with Crippen LogP contribution >= 0.6 is 11.8 Å². The molecule has 1 atom stereocenters. The van der Waals surface area contributed by atoms with E-state index in [2.05, 4.69) is 10.2 Å². The molecule has 1 aromatic carbocycles. The van der Waals surface area contributed by atoms with Crippen LogP contribution in [0.4, 0.5) is 0 Å². The summed E-state index contributed by atoms with van der Waals surface area (Å²) in [5.41, 5.74) is 0.995. The van der Waals surface area contributed by atoms with Crippen LogP contribution in [0.15, 0.2) is 35.5 Å². The summed E-state index contributed by atoms with van der Waals surface area (Å²) in [6.07, 6.45) is 0. The topological polar surface area (TPSA) is 60.2 Å². The average Bonchev–Trinajstić information content (AvgIpc) is 2.95. The smallest absolute Gasteiger partial charge is 0.235 e. The van der Waals surface area contributed by atoms with Crippen molar-refractivity contribution in [3.63, 3.8) is 0 Å². The highest BCUT2D eigenvalue weighted by Crippen LogP contribution is 2.27. The zero-order chi connectivity index (χ0) is 16.8. The van der Waals surface area contributed by atoms with E-state index >= 15 is 0 Å². The molecule has 7 heteroatoms. The molecule has 0 spiro atoms. The Morgan fingerprint density at radius 1 is 1.30 bits per heavy atom. The molecule has 0 aliphatic rings. The number of rotatable bonds is 7. The zero-order valence-electron chi connectivity index (χ0n) is 13.9. The molecule has 0 saturated carbocycles. The van der Waals surface area contributed by atoms with Crippen LogP contribution in [-0.2, 0) is 16.1 Å². The van der Waals surface area contributed by atoms with Gasteiger partial charge in [-0.25, -0.2) is 0 Å². The van der Waals surface area contributed by atoms with Crippen molar-refractivity contribution in [1.82, 2.24) is 19.7 Å². The summed E-state index contributed by atoms with van der Waals surface area (Å²) in [5, 5.41) is 9.09. The SMILES string of the molecule is COCCn1c(SC(C)C(=O)N(C)C)nnc1-c1ccccc1. The third kappa shape index (κ3) is 4.33. The van der Waals surface area contributed by atoms with Gasteiger partial charge in [0.2, 0.25) is 5.91 Å². The van der Waals surface area contributed by atoms with Crippen molar-refractivity contribution < 1.29 is 9.53 Å². The van der Waals surface area contributed by atoms with Gasteiger partial charge in [0.15, 0.2) is 11.0 Å². The predicted molar refractivity (Wildman–Crippen MR) is 91.3 cm³/mol. The zero-order valence-corrected chi connectivity index (χ0v) is 14.7. The van der Waals surface area contributed by atoms with Crippen molar-refractivity contribution in [3.8, 4) is 11.4 Å². The quantitative estimate of drug-likeness (QED) is 0.726. The lowest BCUT2D eigenvalue weighted by molar-refractivity contribution is -0.127. The van der Waals surface area contributed by atoms with Crippen molar-refractivity contribution >= 4 is 17.7 Å². The highest BCUT2D eigenvalue weighted by molar-refractivity contribution is 8.00. The van der Waals surface area contributed by atoms with Gasteiger partial charge in [0, 0.05) is 26.8 Å². The molecule has 0 saturated heterocycles. The maximum Gasteiger partial charge on any atom is 0.235 e. The lowest BCUT2D eigenvalue weighted by Crippen LogP contribution is -2.29. The van der Waals surface area contributed by atoms with Crippen LogP contribution in [0, 0.1) is 0 Å². The second-order valence-electron chi connectivity index (χ2n) is 5.31.